The first-order valence-electron chi connectivity index (χ1n) is 6.64. The summed E-state index contributed by atoms with van der Waals surface area (Å²) < 4.78 is 10.2. The first kappa shape index (κ1) is 14.3. The van der Waals surface area contributed by atoms with Crippen molar-refractivity contribution in [2.24, 2.45) is 0 Å². The van der Waals surface area contributed by atoms with Gasteiger partial charge in [0.05, 0.1) is 24.0 Å². The quantitative estimate of drug-likeness (QED) is 0.819. The highest BCUT2D eigenvalue weighted by atomic mass is 16.6. The molecule has 0 fully saturated rings. The van der Waals surface area contributed by atoms with E-state index in [0.717, 1.165) is 0 Å². The van der Waals surface area contributed by atoms with Crippen molar-refractivity contribution >= 4 is 11.6 Å². The van der Waals surface area contributed by atoms with Gasteiger partial charge in [-0.05, 0) is 26.0 Å². The van der Waals surface area contributed by atoms with Crippen LogP contribution in [-0.4, -0.2) is 35.2 Å². The maximum absolute atomic E-state index is 12.6. The highest BCUT2D eigenvalue weighted by Gasteiger charge is 2.40. The van der Waals surface area contributed by atoms with Crippen molar-refractivity contribution in [2.75, 3.05) is 7.11 Å². The molecule has 22 heavy (non-hydrogen) atoms. The minimum absolute atomic E-state index is 0.0573. The summed E-state index contributed by atoms with van der Waals surface area (Å²) in [5, 5.41) is 20.2. The number of methoxy groups -OCH3 is 1. The van der Waals surface area contributed by atoms with Gasteiger partial charge >= 0.3 is 0 Å². The standard InChI is InChI=1S/C16H14O6/c1-6-4-8-12(16(20)22-6)15(19)11-9(14(8)18)5-10(21-3)7(2)13(11)17/h4-5,16-17,20H,1-3H3. The number of allylic oxidation sites excluding steroid dienone is 3. The second kappa shape index (κ2) is 4.71. The van der Waals surface area contributed by atoms with Crippen LogP contribution in [0.5, 0.6) is 11.5 Å². The lowest BCUT2D eigenvalue weighted by atomic mass is 9.81. The zero-order valence-corrected chi connectivity index (χ0v) is 12.3. The van der Waals surface area contributed by atoms with Gasteiger partial charge in [0.2, 0.25) is 12.1 Å². The Hall–Kier alpha value is -2.60. The molecule has 3 rings (SSSR count). The molecule has 2 N–H and O–H groups in total. The molecular weight excluding hydrogens is 288 g/mol. The van der Waals surface area contributed by atoms with E-state index in [1.807, 2.05) is 0 Å². The van der Waals surface area contributed by atoms with Gasteiger partial charge in [0.15, 0.2) is 5.78 Å². The molecule has 0 amide bonds. The fourth-order valence-electron chi connectivity index (χ4n) is 2.75. The molecule has 1 aromatic carbocycles. The van der Waals surface area contributed by atoms with E-state index in [4.69, 9.17) is 9.47 Å². The van der Waals surface area contributed by atoms with E-state index in [2.05, 4.69) is 0 Å². The topological polar surface area (TPSA) is 93.1 Å². The third-order valence-corrected chi connectivity index (χ3v) is 3.87. The van der Waals surface area contributed by atoms with Crippen molar-refractivity contribution in [2.45, 2.75) is 20.1 Å². The molecule has 1 aromatic rings. The Morgan fingerprint density at radius 2 is 1.91 bits per heavy atom. The SMILES string of the molecule is COc1cc2c(c(O)c1C)C(=O)C1=C(C=C(C)OC1O)C2=O. The summed E-state index contributed by atoms with van der Waals surface area (Å²) in [5.41, 5.74) is 0.214. The number of Topliss-reactive ketones (excluding diaryl/α,β-unsaturated/α-hetero) is 2. The van der Waals surface area contributed by atoms with E-state index < -0.39 is 17.9 Å². The molecule has 0 spiro atoms. The molecule has 0 bridgehead atoms. The Morgan fingerprint density at radius 3 is 2.55 bits per heavy atom. The Labute approximate surface area is 126 Å². The van der Waals surface area contributed by atoms with Gasteiger partial charge in [-0.2, -0.15) is 0 Å². The first-order valence-corrected chi connectivity index (χ1v) is 6.64. The number of ether oxygens (including phenoxy) is 2. The number of rotatable bonds is 1. The van der Waals surface area contributed by atoms with E-state index in [0.29, 0.717) is 17.1 Å². The number of phenols is 1. The molecule has 2 aliphatic rings. The van der Waals surface area contributed by atoms with Crippen molar-refractivity contribution in [3.63, 3.8) is 0 Å². The molecule has 1 aliphatic carbocycles. The number of aliphatic hydroxyl groups excluding tert-OH is 1. The number of aromatic hydroxyl groups is 1. The lowest BCUT2D eigenvalue weighted by Gasteiger charge is -2.28. The summed E-state index contributed by atoms with van der Waals surface area (Å²) >= 11 is 0. The Balaban J connectivity index is 2.32. The normalized spacial score (nSPS) is 20.2. The number of hydrogen-bond acceptors (Lipinski definition) is 6. The molecule has 1 heterocycles. The Bertz CT molecular complexity index is 784. The van der Waals surface area contributed by atoms with Crippen molar-refractivity contribution < 1.29 is 29.3 Å². The van der Waals surface area contributed by atoms with E-state index >= 15 is 0 Å². The fraction of sp³-hybridized carbons (Fsp3) is 0.250. The molecule has 1 unspecified atom stereocenters. The molecule has 6 nitrogen and oxygen atoms in total. The number of hydrogen-bond donors (Lipinski definition) is 2. The van der Waals surface area contributed by atoms with Crippen molar-refractivity contribution in [3.05, 3.63) is 45.7 Å². The van der Waals surface area contributed by atoms with E-state index in [-0.39, 0.29) is 28.0 Å². The molecule has 0 saturated carbocycles. The summed E-state index contributed by atoms with van der Waals surface area (Å²) in [6, 6.07) is 1.43. The first-order chi connectivity index (χ1) is 10.4. The summed E-state index contributed by atoms with van der Waals surface area (Å²) in [4.78, 5) is 25.2. The van der Waals surface area contributed by atoms with Crippen LogP contribution in [0, 0.1) is 6.92 Å². The van der Waals surface area contributed by atoms with Gasteiger partial charge in [-0.25, -0.2) is 0 Å². The fourth-order valence-corrected chi connectivity index (χ4v) is 2.75. The van der Waals surface area contributed by atoms with Crippen LogP contribution < -0.4 is 4.74 Å². The summed E-state index contributed by atoms with van der Waals surface area (Å²) in [6.07, 6.45) is -0.111. The molecule has 1 atom stereocenters. The summed E-state index contributed by atoms with van der Waals surface area (Å²) in [6.45, 7) is 3.15. The molecular formula is C16H14O6. The van der Waals surface area contributed by atoms with Crippen LogP contribution in [0.15, 0.2) is 29.0 Å². The van der Waals surface area contributed by atoms with Crippen LogP contribution >= 0.6 is 0 Å². The number of fused-ring (bicyclic) bond motifs is 1. The maximum Gasteiger partial charge on any atom is 0.228 e. The van der Waals surface area contributed by atoms with Crippen molar-refractivity contribution in [1.82, 2.24) is 0 Å². The van der Waals surface area contributed by atoms with Gasteiger partial charge in [0.25, 0.3) is 0 Å². The van der Waals surface area contributed by atoms with Gasteiger partial charge in [0, 0.05) is 16.7 Å². The summed E-state index contributed by atoms with van der Waals surface area (Å²) in [7, 11) is 1.41. The average Bonchev–Trinajstić information content (AvgIpc) is 2.46. The number of benzene rings is 1. The molecule has 0 radical (unpaired) electrons. The third kappa shape index (κ3) is 1.77. The Morgan fingerprint density at radius 1 is 1.23 bits per heavy atom. The predicted octanol–water partition coefficient (Wildman–Crippen LogP) is 1.64. The predicted molar refractivity (Wildman–Crippen MR) is 75.9 cm³/mol. The monoisotopic (exact) mass is 302 g/mol. The van der Waals surface area contributed by atoms with Gasteiger partial charge in [0.1, 0.15) is 11.5 Å². The molecule has 6 heteroatoms. The minimum Gasteiger partial charge on any atom is -0.507 e. The molecule has 1 aliphatic heterocycles. The number of aliphatic hydroxyl groups is 1. The van der Waals surface area contributed by atoms with Crippen LogP contribution in [0.1, 0.15) is 33.2 Å². The average molecular weight is 302 g/mol. The van der Waals surface area contributed by atoms with Gasteiger partial charge in [-0.15, -0.1) is 0 Å². The highest BCUT2D eigenvalue weighted by molar-refractivity contribution is 6.29. The number of phenolic OH excluding ortho intramolecular Hbond substituents is 1. The zero-order chi connectivity index (χ0) is 16.2. The van der Waals surface area contributed by atoms with E-state index in [1.165, 1.54) is 19.3 Å². The minimum atomic E-state index is -1.52. The van der Waals surface area contributed by atoms with Crippen LogP contribution in [-0.2, 0) is 4.74 Å². The summed E-state index contributed by atoms with van der Waals surface area (Å²) in [5.74, 6) is -0.754. The molecule has 114 valence electrons. The lowest BCUT2D eigenvalue weighted by Crippen LogP contribution is -2.32. The van der Waals surface area contributed by atoms with Crippen LogP contribution in [0.4, 0.5) is 0 Å². The smallest absolute Gasteiger partial charge is 0.228 e. The third-order valence-electron chi connectivity index (χ3n) is 3.87. The number of carbonyl (C=O) groups excluding carboxylic acids is 2. The number of carbonyl (C=O) groups is 2. The zero-order valence-electron chi connectivity index (χ0n) is 12.3. The largest absolute Gasteiger partial charge is 0.507 e. The van der Waals surface area contributed by atoms with Crippen LogP contribution in [0.3, 0.4) is 0 Å². The molecule has 0 saturated heterocycles. The van der Waals surface area contributed by atoms with Gasteiger partial charge in [-0.3, -0.25) is 9.59 Å². The second-order valence-corrected chi connectivity index (χ2v) is 5.19. The highest BCUT2D eigenvalue weighted by Crippen LogP contribution is 2.41. The van der Waals surface area contributed by atoms with Gasteiger partial charge < -0.3 is 19.7 Å². The van der Waals surface area contributed by atoms with E-state index in [9.17, 15) is 19.8 Å². The van der Waals surface area contributed by atoms with Crippen LogP contribution in [0.2, 0.25) is 0 Å². The second-order valence-electron chi connectivity index (χ2n) is 5.19. The van der Waals surface area contributed by atoms with Gasteiger partial charge in [-0.1, -0.05) is 0 Å². The lowest BCUT2D eigenvalue weighted by molar-refractivity contribution is -0.0374. The molecule has 0 aromatic heterocycles. The van der Waals surface area contributed by atoms with Crippen molar-refractivity contribution in [3.8, 4) is 11.5 Å². The van der Waals surface area contributed by atoms with E-state index in [1.54, 1.807) is 13.8 Å². The number of ketones is 2. The maximum atomic E-state index is 12.6. The van der Waals surface area contributed by atoms with Crippen LogP contribution in [0.25, 0.3) is 0 Å². The Kier molecular flexibility index (Phi) is 3.07. The van der Waals surface area contributed by atoms with Crippen molar-refractivity contribution in [1.29, 1.82) is 0 Å².